The maximum atomic E-state index is 13.3. The number of methoxy groups -OCH3 is 1. The number of nitrogens with one attached hydrogen (secondary N) is 3. The lowest BCUT2D eigenvalue weighted by Gasteiger charge is -2.31. The topological polar surface area (TPSA) is 94.5 Å². The summed E-state index contributed by atoms with van der Waals surface area (Å²) in [5.74, 6) is -0.557. The van der Waals surface area contributed by atoms with Gasteiger partial charge in [0.05, 0.1) is 11.6 Å². The Hall–Kier alpha value is -2.94. The summed E-state index contributed by atoms with van der Waals surface area (Å²) in [6.45, 7) is 1.27. The Kier molecular flexibility index (Phi) is 7.62. The van der Waals surface area contributed by atoms with E-state index in [0.29, 0.717) is 38.2 Å². The number of amidine groups is 1. The van der Waals surface area contributed by atoms with Gasteiger partial charge in [0, 0.05) is 31.2 Å². The minimum atomic E-state index is -0.416. The van der Waals surface area contributed by atoms with Crippen molar-refractivity contribution in [3.63, 3.8) is 0 Å². The first-order valence-corrected chi connectivity index (χ1v) is 10.7. The number of likely N-dealkylation sites (tertiary alicyclic amines) is 1. The molecule has 0 bridgehead atoms. The van der Waals surface area contributed by atoms with E-state index < -0.39 is 5.82 Å². The number of urea groups is 1. The van der Waals surface area contributed by atoms with Crippen molar-refractivity contribution in [1.29, 1.82) is 5.41 Å². The van der Waals surface area contributed by atoms with Crippen molar-refractivity contribution in [2.75, 3.05) is 25.5 Å². The molecule has 0 radical (unpaired) electrons. The van der Waals surface area contributed by atoms with Gasteiger partial charge in [-0.05, 0) is 64.7 Å². The van der Waals surface area contributed by atoms with Gasteiger partial charge in [-0.15, -0.1) is 0 Å². The fourth-order valence-electron chi connectivity index (χ4n) is 3.40. The monoisotopic (exact) mass is 490 g/mol. The van der Waals surface area contributed by atoms with Crippen LogP contribution in [0.3, 0.4) is 0 Å². The molecule has 2 aromatic carbocycles. The van der Waals surface area contributed by atoms with Crippen LogP contribution in [-0.4, -0.2) is 42.7 Å². The molecule has 0 aromatic heterocycles. The van der Waals surface area contributed by atoms with Crippen LogP contribution in [0.4, 0.5) is 14.9 Å². The Labute approximate surface area is 188 Å². The minimum absolute atomic E-state index is 0.182. The number of Topliss-reactive ketones (excluding diaryl/α,β-unsaturated/α-hetero) is 1. The van der Waals surface area contributed by atoms with Crippen LogP contribution in [0.2, 0.25) is 0 Å². The minimum Gasteiger partial charge on any atom is -0.497 e. The number of piperidine rings is 1. The van der Waals surface area contributed by atoms with Crippen LogP contribution >= 0.6 is 15.9 Å². The highest BCUT2D eigenvalue weighted by atomic mass is 79.9. The molecule has 7 nitrogen and oxygen atoms in total. The maximum Gasteiger partial charge on any atom is 0.317 e. The molecule has 0 unspecified atom stereocenters. The van der Waals surface area contributed by atoms with Gasteiger partial charge in [-0.2, -0.15) is 0 Å². The molecule has 3 N–H and O–H groups in total. The standard InChI is InChI=1S/C22H24BrFN4O3/c1-31-17-4-2-3-14(11-17)13-26-22(30)28-9-7-15(8-10-28)20(29)21(25)27-16-5-6-19(24)18(23)12-16/h2-6,11-12,15H,7-10,13H2,1H3,(H2,25,27)(H,26,30). The first kappa shape index (κ1) is 22.7. The summed E-state index contributed by atoms with van der Waals surface area (Å²) in [7, 11) is 1.59. The quantitative estimate of drug-likeness (QED) is 0.418. The summed E-state index contributed by atoms with van der Waals surface area (Å²) >= 11 is 3.08. The number of anilines is 1. The molecule has 1 aliphatic heterocycles. The van der Waals surface area contributed by atoms with Gasteiger partial charge in [0.25, 0.3) is 0 Å². The number of nitrogens with zero attached hydrogens (tertiary/aromatic N) is 1. The van der Waals surface area contributed by atoms with Crippen LogP contribution in [-0.2, 0) is 11.3 Å². The highest BCUT2D eigenvalue weighted by molar-refractivity contribution is 9.10. The van der Waals surface area contributed by atoms with Crippen LogP contribution in [0.1, 0.15) is 18.4 Å². The maximum absolute atomic E-state index is 13.3. The molecule has 0 saturated carbocycles. The average Bonchev–Trinajstić information content (AvgIpc) is 2.79. The van der Waals surface area contributed by atoms with Gasteiger partial charge in [0.15, 0.2) is 5.84 Å². The van der Waals surface area contributed by atoms with Crippen LogP contribution in [0.15, 0.2) is 46.9 Å². The van der Waals surface area contributed by atoms with Crippen molar-refractivity contribution in [2.45, 2.75) is 19.4 Å². The number of rotatable bonds is 6. The summed E-state index contributed by atoms with van der Waals surface area (Å²) in [5, 5.41) is 13.7. The second kappa shape index (κ2) is 10.4. The SMILES string of the molecule is COc1cccc(CNC(=O)N2CCC(C(=O)C(=N)Nc3ccc(F)c(Br)c3)CC2)c1. The second-order valence-electron chi connectivity index (χ2n) is 7.26. The zero-order valence-electron chi connectivity index (χ0n) is 17.1. The fraction of sp³-hybridized carbons (Fsp3) is 0.318. The lowest BCUT2D eigenvalue weighted by Crippen LogP contribution is -2.46. The number of amides is 2. The van der Waals surface area contributed by atoms with Crippen LogP contribution in [0, 0.1) is 17.1 Å². The number of halogens is 2. The van der Waals surface area contributed by atoms with Crippen molar-refractivity contribution >= 4 is 39.3 Å². The number of carbonyl (C=O) groups is 2. The molecule has 1 aliphatic rings. The normalized spacial score (nSPS) is 14.1. The average molecular weight is 491 g/mol. The Balaban J connectivity index is 1.46. The van der Waals surface area contributed by atoms with Gasteiger partial charge in [-0.1, -0.05) is 12.1 Å². The lowest BCUT2D eigenvalue weighted by atomic mass is 9.92. The molecule has 1 heterocycles. The Morgan fingerprint density at radius 2 is 1.97 bits per heavy atom. The van der Waals surface area contributed by atoms with Gasteiger partial charge < -0.3 is 20.3 Å². The summed E-state index contributed by atoms with van der Waals surface area (Å²) in [4.78, 5) is 26.7. The van der Waals surface area contributed by atoms with E-state index >= 15 is 0 Å². The second-order valence-corrected chi connectivity index (χ2v) is 8.12. The molecule has 1 fully saturated rings. The molecule has 164 valence electrons. The predicted molar refractivity (Wildman–Crippen MR) is 120 cm³/mol. The molecule has 9 heteroatoms. The van der Waals surface area contributed by atoms with E-state index in [1.807, 2.05) is 24.3 Å². The van der Waals surface area contributed by atoms with Crippen molar-refractivity contribution in [1.82, 2.24) is 10.2 Å². The first-order valence-electron chi connectivity index (χ1n) is 9.88. The first-order chi connectivity index (χ1) is 14.9. The highest BCUT2D eigenvalue weighted by Crippen LogP contribution is 2.22. The fourth-order valence-corrected chi connectivity index (χ4v) is 3.78. The van der Waals surface area contributed by atoms with Gasteiger partial charge in [-0.25, -0.2) is 9.18 Å². The third-order valence-electron chi connectivity index (χ3n) is 5.17. The van der Waals surface area contributed by atoms with Gasteiger partial charge in [-0.3, -0.25) is 10.2 Å². The number of benzene rings is 2. The van der Waals surface area contributed by atoms with E-state index in [0.717, 1.165) is 11.3 Å². The molecule has 1 saturated heterocycles. The Morgan fingerprint density at radius 3 is 2.65 bits per heavy atom. The van der Waals surface area contributed by atoms with E-state index in [9.17, 15) is 14.0 Å². The van der Waals surface area contributed by atoms with E-state index in [4.69, 9.17) is 10.1 Å². The van der Waals surface area contributed by atoms with Gasteiger partial charge >= 0.3 is 6.03 Å². The molecular formula is C22H24BrFN4O3. The summed E-state index contributed by atoms with van der Waals surface area (Å²) in [5.41, 5.74) is 1.39. The number of ketones is 1. The van der Waals surface area contributed by atoms with Gasteiger partial charge in [0.2, 0.25) is 5.78 Å². The molecule has 0 spiro atoms. The number of ether oxygens (including phenoxy) is 1. The van der Waals surface area contributed by atoms with E-state index in [1.165, 1.54) is 18.2 Å². The third-order valence-corrected chi connectivity index (χ3v) is 5.77. The highest BCUT2D eigenvalue weighted by Gasteiger charge is 2.29. The van der Waals surface area contributed by atoms with Crippen molar-refractivity contribution < 1.29 is 18.7 Å². The zero-order chi connectivity index (χ0) is 22.4. The van der Waals surface area contributed by atoms with Crippen molar-refractivity contribution in [2.24, 2.45) is 5.92 Å². The van der Waals surface area contributed by atoms with Crippen LogP contribution < -0.4 is 15.4 Å². The molecule has 3 rings (SSSR count). The summed E-state index contributed by atoms with van der Waals surface area (Å²) < 4.78 is 18.8. The number of hydrogen-bond acceptors (Lipinski definition) is 4. The number of carbonyl (C=O) groups excluding carboxylic acids is 2. The van der Waals surface area contributed by atoms with E-state index in [1.54, 1.807) is 12.0 Å². The zero-order valence-corrected chi connectivity index (χ0v) is 18.7. The molecule has 2 amide bonds. The van der Waals surface area contributed by atoms with E-state index in [2.05, 4.69) is 26.6 Å². The van der Waals surface area contributed by atoms with Crippen molar-refractivity contribution in [3.05, 3.63) is 58.3 Å². The molecule has 0 aliphatic carbocycles. The van der Waals surface area contributed by atoms with Crippen molar-refractivity contribution in [3.8, 4) is 5.75 Å². The van der Waals surface area contributed by atoms with Crippen LogP contribution in [0.5, 0.6) is 5.75 Å². The third kappa shape index (κ3) is 6.04. The molecule has 0 atom stereocenters. The summed E-state index contributed by atoms with van der Waals surface area (Å²) in [6, 6.07) is 11.5. The van der Waals surface area contributed by atoms with E-state index in [-0.39, 0.29) is 28.0 Å². The van der Waals surface area contributed by atoms with Gasteiger partial charge in [0.1, 0.15) is 11.6 Å². The molecule has 2 aromatic rings. The Morgan fingerprint density at radius 1 is 1.23 bits per heavy atom. The molecular weight excluding hydrogens is 467 g/mol. The number of hydrogen-bond donors (Lipinski definition) is 3. The van der Waals surface area contributed by atoms with Crippen LogP contribution in [0.25, 0.3) is 0 Å². The summed E-state index contributed by atoms with van der Waals surface area (Å²) in [6.07, 6.45) is 0.977. The molecule has 31 heavy (non-hydrogen) atoms. The Bertz CT molecular complexity index is 977. The lowest BCUT2D eigenvalue weighted by molar-refractivity contribution is -0.117. The predicted octanol–water partition coefficient (Wildman–Crippen LogP) is 4.18. The largest absolute Gasteiger partial charge is 0.497 e. The smallest absolute Gasteiger partial charge is 0.317 e.